The van der Waals surface area contributed by atoms with E-state index in [0.29, 0.717) is 12.1 Å². The number of hydrogen-bond acceptors (Lipinski definition) is 2. The molecule has 5 heteroatoms. The van der Waals surface area contributed by atoms with Gasteiger partial charge in [0.05, 0.1) is 6.61 Å². The maximum atomic E-state index is 13.5. The molecule has 0 bridgehead atoms. The van der Waals surface area contributed by atoms with Crippen LogP contribution in [0.15, 0.2) is 28.7 Å². The van der Waals surface area contributed by atoms with E-state index in [9.17, 15) is 14.3 Å². The van der Waals surface area contributed by atoms with E-state index in [4.69, 9.17) is 0 Å². The fourth-order valence-electron chi connectivity index (χ4n) is 1.92. The number of aliphatic hydroxyl groups is 1. The zero-order valence-corrected chi connectivity index (χ0v) is 13.9. The van der Waals surface area contributed by atoms with Gasteiger partial charge in [0.15, 0.2) is 0 Å². The Balaban J connectivity index is 2.65. The summed E-state index contributed by atoms with van der Waals surface area (Å²) in [6, 6.07) is 4.55. The molecule has 0 saturated carbocycles. The van der Waals surface area contributed by atoms with Crippen molar-refractivity contribution in [1.29, 1.82) is 0 Å². The molecule has 0 heterocycles. The van der Waals surface area contributed by atoms with Gasteiger partial charge in [-0.15, -0.1) is 0 Å². The van der Waals surface area contributed by atoms with E-state index in [1.807, 2.05) is 13.8 Å². The summed E-state index contributed by atoms with van der Waals surface area (Å²) in [4.78, 5) is 11.8. The van der Waals surface area contributed by atoms with Gasteiger partial charge in [0.2, 0.25) is 5.91 Å². The molecule has 0 atom stereocenters. The highest BCUT2D eigenvalue weighted by molar-refractivity contribution is 9.10. The third kappa shape index (κ3) is 5.25. The molecule has 1 aromatic carbocycles. The molecule has 116 valence electrons. The fraction of sp³-hybridized carbons (Fsp3) is 0.438. The van der Waals surface area contributed by atoms with Gasteiger partial charge in [-0.3, -0.25) is 4.79 Å². The van der Waals surface area contributed by atoms with E-state index in [1.165, 1.54) is 18.2 Å². The zero-order valence-electron chi connectivity index (χ0n) is 12.3. The van der Waals surface area contributed by atoms with E-state index in [1.54, 1.807) is 12.1 Å². The van der Waals surface area contributed by atoms with Crippen molar-refractivity contribution in [2.75, 3.05) is 13.2 Å². The van der Waals surface area contributed by atoms with E-state index in [-0.39, 0.29) is 23.7 Å². The number of aliphatic hydroxyl groups excluding tert-OH is 1. The van der Waals surface area contributed by atoms with Gasteiger partial charge in [0.1, 0.15) is 5.82 Å². The maximum absolute atomic E-state index is 13.5. The van der Waals surface area contributed by atoms with Crippen LogP contribution in [0.3, 0.4) is 0 Å². The Morgan fingerprint density at radius 2 is 2.10 bits per heavy atom. The van der Waals surface area contributed by atoms with Crippen LogP contribution < -0.4 is 5.32 Å². The normalized spacial score (nSPS) is 11.9. The van der Waals surface area contributed by atoms with Crippen LogP contribution in [0.2, 0.25) is 0 Å². The van der Waals surface area contributed by atoms with Gasteiger partial charge >= 0.3 is 0 Å². The number of hydrogen-bond donors (Lipinski definition) is 2. The van der Waals surface area contributed by atoms with Crippen LogP contribution in [0.1, 0.15) is 32.3 Å². The third-order valence-corrected chi connectivity index (χ3v) is 4.34. The minimum absolute atomic E-state index is 0.0320. The predicted molar refractivity (Wildman–Crippen MR) is 86.2 cm³/mol. The first-order valence-corrected chi connectivity index (χ1v) is 7.77. The number of carbonyl (C=O) groups is 1. The molecular weight excluding hydrogens is 337 g/mol. The van der Waals surface area contributed by atoms with E-state index in [0.717, 1.165) is 17.3 Å². The Labute approximate surface area is 133 Å². The monoisotopic (exact) mass is 357 g/mol. The molecule has 1 rings (SSSR count). The quantitative estimate of drug-likeness (QED) is 0.733. The van der Waals surface area contributed by atoms with E-state index >= 15 is 0 Å². The summed E-state index contributed by atoms with van der Waals surface area (Å²) < 4.78 is 14.3. The molecular formula is C16H21BrFNO2. The Hall–Kier alpha value is -1.20. The molecule has 3 nitrogen and oxygen atoms in total. The zero-order chi connectivity index (χ0) is 15.9. The number of carbonyl (C=O) groups excluding carboxylic acids is 1. The van der Waals surface area contributed by atoms with Gasteiger partial charge in [-0.1, -0.05) is 29.8 Å². The van der Waals surface area contributed by atoms with Crippen LogP contribution in [-0.2, 0) is 4.79 Å². The van der Waals surface area contributed by atoms with Crippen molar-refractivity contribution in [2.45, 2.75) is 26.7 Å². The molecule has 0 aliphatic rings. The number of halogens is 2. The van der Waals surface area contributed by atoms with Gasteiger partial charge in [-0.05, 0) is 37.1 Å². The second-order valence-corrected chi connectivity index (χ2v) is 6.00. The van der Waals surface area contributed by atoms with Gasteiger partial charge < -0.3 is 10.4 Å². The molecule has 2 N–H and O–H groups in total. The maximum Gasteiger partial charge on any atom is 0.244 e. The van der Waals surface area contributed by atoms with Crippen molar-refractivity contribution in [3.8, 4) is 0 Å². The molecule has 1 amide bonds. The lowest BCUT2D eigenvalue weighted by molar-refractivity contribution is -0.117. The molecule has 0 aliphatic heterocycles. The Bertz CT molecular complexity index is 505. The fourth-order valence-corrected chi connectivity index (χ4v) is 2.30. The van der Waals surface area contributed by atoms with Crippen LogP contribution >= 0.6 is 15.9 Å². The van der Waals surface area contributed by atoms with Crippen molar-refractivity contribution in [2.24, 2.45) is 5.41 Å². The first-order chi connectivity index (χ1) is 9.96. The average Bonchev–Trinajstić information content (AvgIpc) is 2.50. The molecule has 0 aliphatic carbocycles. The van der Waals surface area contributed by atoms with Gasteiger partial charge in [-0.2, -0.15) is 0 Å². The summed E-state index contributed by atoms with van der Waals surface area (Å²) >= 11 is 3.26. The van der Waals surface area contributed by atoms with Crippen molar-refractivity contribution in [1.82, 2.24) is 5.32 Å². The smallest absolute Gasteiger partial charge is 0.244 e. The minimum atomic E-state index is -0.380. The van der Waals surface area contributed by atoms with Gasteiger partial charge in [-0.25, -0.2) is 4.39 Å². The SMILES string of the molecule is CCC(CC)(CO)CNC(=O)/C=C/c1cc(Br)ccc1F. The molecule has 0 saturated heterocycles. The minimum Gasteiger partial charge on any atom is -0.396 e. The number of rotatable bonds is 7. The predicted octanol–water partition coefficient (Wildman–Crippen LogP) is 3.52. The molecule has 21 heavy (non-hydrogen) atoms. The topological polar surface area (TPSA) is 49.3 Å². The molecule has 0 aromatic heterocycles. The van der Waals surface area contributed by atoms with E-state index < -0.39 is 0 Å². The second kappa shape index (κ2) is 8.29. The highest BCUT2D eigenvalue weighted by Crippen LogP contribution is 2.24. The van der Waals surface area contributed by atoms with Crippen LogP contribution in [0.4, 0.5) is 4.39 Å². The first-order valence-electron chi connectivity index (χ1n) is 6.98. The summed E-state index contributed by atoms with van der Waals surface area (Å²) in [5, 5.41) is 12.2. The van der Waals surface area contributed by atoms with Crippen LogP contribution in [-0.4, -0.2) is 24.2 Å². The molecule has 1 aromatic rings. The summed E-state index contributed by atoms with van der Waals surface area (Å²) in [5.41, 5.74) is 0.0591. The standard InChI is InChI=1S/C16H21BrFNO2/c1-3-16(4-2,11-20)10-19-15(21)8-5-12-9-13(17)6-7-14(12)18/h5-9,20H,3-4,10-11H2,1-2H3,(H,19,21)/b8-5+. The Morgan fingerprint density at radius 3 is 2.67 bits per heavy atom. The molecule has 0 unspecified atom stereocenters. The van der Waals surface area contributed by atoms with E-state index in [2.05, 4.69) is 21.2 Å². The van der Waals surface area contributed by atoms with Crippen molar-refractivity contribution in [3.63, 3.8) is 0 Å². The lowest BCUT2D eigenvalue weighted by Crippen LogP contribution is -2.38. The number of benzene rings is 1. The van der Waals surface area contributed by atoms with Crippen molar-refractivity contribution in [3.05, 3.63) is 40.1 Å². The summed E-state index contributed by atoms with van der Waals surface area (Å²) in [6.45, 7) is 4.40. The number of nitrogens with one attached hydrogen (secondary N) is 1. The summed E-state index contributed by atoms with van der Waals surface area (Å²) in [7, 11) is 0. The largest absolute Gasteiger partial charge is 0.396 e. The molecule has 0 spiro atoms. The van der Waals surface area contributed by atoms with Crippen LogP contribution in [0, 0.1) is 11.2 Å². The van der Waals surface area contributed by atoms with Crippen molar-refractivity contribution < 1.29 is 14.3 Å². The molecule has 0 fully saturated rings. The highest BCUT2D eigenvalue weighted by Gasteiger charge is 2.25. The first kappa shape index (κ1) is 17.9. The third-order valence-electron chi connectivity index (χ3n) is 3.85. The van der Waals surface area contributed by atoms with Gasteiger partial charge in [0, 0.05) is 28.1 Å². The van der Waals surface area contributed by atoms with Crippen LogP contribution in [0.5, 0.6) is 0 Å². The number of amides is 1. The van der Waals surface area contributed by atoms with Gasteiger partial charge in [0.25, 0.3) is 0 Å². The second-order valence-electron chi connectivity index (χ2n) is 5.08. The highest BCUT2D eigenvalue weighted by atomic mass is 79.9. The average molecular weight is 358 g/mol. The summed E-state index contributed by atoms with van der Waals surface area (Å²) in [5.74, 6) is -0.678. The van der Waals surface area contributed by atoms with Crippen molar-refractivity contribution >= 4 is 27.9 Å². The lowest BCUT2D eigenvalue weighted by atomic mass is 9.83. The Kier molecular flexibility index (Phi) is 7.05. The molecule has 0 radical (unpaired) electrons. The van der Waals surface area contributed by atoms with Crippen LogP contribution in [0.25, 0.3) is 6.08 Å². The Morgan fingerprint density at radius 1 is 1.43 bits per heavy atom. The summed E-state index contributed by atoms with van der Waals surface area (Å²) in [6.07, 6.45) is 4.31. The lowest BCUT2D eigenvalue weighted by Gasteiger charge is -2.29.